The van der Waals surface area contributed by atoms with Crippen molar-refractivity contribution in [1.82, 2.24) is 9.66 Å². The normalized spacial score (nSPS) is 11.2. The van der Waals surface area contributed by atoms with Gasteiger partial charge in [-0.3, -0.25) is 14.9 Å². The number of benzene rings is 3. The first-order valence-corrected chi connectivity index (χ1v) is 10.6. The van der Waals surface area contributed by atoms with E-state index in [1.165, 1.54) is 12.3 Å². The molecule has 33 heavy (non-hydrogen) atoms. The van der Waals surface area contributed by atoms with Gasteiger partial charge in [0.05, 0.1) is 22.0 Å². The molecule has 1 aromatic heterocycles. The zero-order valence-corrected chi connectivity index (χ0v) is 18.9. The Kier molecular flexibility index (Phi) is 6.18. The molecule has 0 saturated heterocycles. The number of ether oxygens (including phenoxy) is 1. The van der Waals surface area contributed by atoms with Crippen LogP contribution in [-0.2, 0) is 6.61 Å². The van der Waals surface area contributed by atoms with Crippen LogP contribution < -0.4 is 16.0 Å². The molecule has 0 bridgehead atoms. The highest BCUT2D eigenvalue weighted by Gasteiger charge is 2.21. The number of nitro benzene ring substituents is 1. The van der Waals surface area contributed by atoms with Crippen molar-refractivity contribution >= 4 is 38.7 Å². The van der Waals surface area contributed by atoms with Gasteiger partial charge in [-0.05, 0) is 30.7 Å². The summed E-state index contributed by atoms with van der Waals surface area (Å²) in [4.78, 5) is 38.8. The van der Waals surface area contributed by atoms with Gasteiger partial charge in [-0.2, -0.15) is 5.10 Å². The van der Waals surface area contributed by atoms with E-state index in [9.17, 15) is 19.7 Å². The van der Waals surface area contributed by atoms with Crippen LogP contribution in [0.25, 0.3) is 10.9 Å². The van der Waals surface area contributed by atoms with Crippen molar-refractivity contribution in [2.24, 2.45) is 5.10 Å². The van der Waals surface area contributed by atoms with Crippen LogP contribution in [-0.4, -0.2) is 20.8 Å². The van der Waals surface area contributed by atoms with Gasteiger partial charge in [0.15, 0.2) is 0 Å². The topological polar surface area (TPSA) is 120 Å². The van der Waals surface area contributed by atoms with E-state index >= 15 is 0 Å². The summed E-state index contributed by atoms with van der Waals surface area (Å²) in [5.41, 5.74) is 0.883. The fourth-order valence-electron chi connectivity index (χ4n) is 3.21. The SMILES string of the molecule is Cc1ccc(COc2c(C=Nn3c(=O)[nH]c4ccccc4c3=O)cc(Br)cc2[N+](=O)[O-])cc1. The van der Waals surface area contributed by atoms with Crippen molar-refractivity contribution in [3.8, 4) is 5.75 Å². The molecule has 9 nitrogen and oxygen atoms in total. The molecule has 166 valence electrons. The predicted octanol–water partition coefficient (Wildman–Crippen LogP) is 4.13. The Bertz CT molecular complexity index is 1510. The monoisotopic (exact) mass is 508 g/mol. The second kappa shape index (κ2) is 9.21. The number of H-pyrrole nitrogens is 1. The number of aromatic amines is 1. The van der Waals surface area contributed by atoms with Crippen molar-refractivity contribution in [3.63, 3.8) is 0 Å². The highest BCUT2D eigenvalue weighted by molar-refractivity contribution is 9.10. The third kappa shape index (κ3) is 4.75. The maximum absolute atomic E-state index is 12.7. The number of para-hydroxylation sites is 1. The summed E-state index contributed by atoms with van der Waals surface area (Å²) < 4.78 is 6.88. The minimum Gasteiger partial charge on any atom is -0.481 e. The van der Waals surface area contributed by atoms with Crippen LogP contribution in [0.4, 0.5) is 5.69 Å². The molecule has 10 heteroatoms. The Morgan fingerprint density at radius 2 is 1.88 bits per heavy atom. The van der Waals surface area contributed by atoms with Crippen molar-refractivity contribution in [2.75, 3.05) is 0 Å². The van der Waals surface area contributed by atoms with E-state index in [1.54, 1.807) is 30.3 Å². The summed E-state index contributed by atoms with van der Waals surface area (Å²) in [5.74, 6) is -0.0298. The number of nitro groups is 1. The quantitative estimate of drug-likeness (QED) is 0.238. The summed E-state index contributed by atoms with van der Waals surface area (Å²) in [5, 5.41) is 16.0. The van der Waals surface area contributed by atoms with E-state index in [4.69, 9.17) is 4.74 Å². The molecule has 0 spiro atoms. The van der Waals surface area contributed by atoms with Crippen LogP contribution >= 0.6 is 15.9 Å². The molecular formula is C23H17BrN4O5. The standard InChI is InChI=1S/C23H17BrN4O5/c1-14-6-8-15(9-7-14)13-33-21-16(10-17(24)11-20(21)28(31)32)12-25-27-22(29)18-4-2-3-5-19(18)26-23(27)30/h2-12H,13H2,1H3,(H,26,30). The van der Waals surface area contributed by atoms with E-state index in [0.717, 1.165) is 11.1 Å². The maximum Gasteiger partial charge on any atom is 0.349 e. The molecule has 0 aliphatic heterocycles. The smallest absolute Gasteiger partial charge is 0.349 e. The number of halogens is 1. The summed E-state index contributed by atoms with van der Waals surface area (Å²) >= 11 is 3.25. The number of rotatable bonds is 6. The molecular weight excluding hydrogens is 492 g/mol. The molecule has 0 fully saturated rings. The van der Waals surface area contributed by atoms with E-state index in [0.29, 0.717) is 14.7 Å². The molecule has 4 rings (SSSR count). The molecule has 3 aromatic carbocycles. The Labute approximate surface area is 195 Å². The Morgan fingerprint density at radius 1 is 1.15 bits per heavy atom. The van der Waals surface area contributed by atoms with Gasteiger partial charge < -0.3 is 9.72 Å². The number of hydrogen-bond donors (Lipinski definition) is 1. The Balaban J connectivity index is 1.77. The minimum absolute atomic E-state index is 0.0298. The molecule has 1 N–H and O–H groups in total. The number of nitrogens with zero attached hydrogens (tertiary/aromatic N) is 3. The lowest BCUT2D eigenvalue weighted by Gasteiger charge is -2.11. The molecule has 0 saturated carbocycles. The zero-order chi connectivity index (χ0) is 23.5. The molecule has 0 aliphatic rings. The molecule has 0 amide bonds. The van der Waals surface area contributed by atoms with Gasteiger partial charge in [-0.15, -0.1) is 4.68 Å². The summed E-state index contributed by atoms with van der Waals surface area (Å²) in [7, 11) is 0. The number of aryl methyl sites for hydroxylation is 1. The van der Waals surface area contributed by atoms with E-state index in [2.05, 4.69) is 26.0 Å². The van der Waals surface area contributed by atoms with Crippen molar-refractivity contribution in [1.29, 1.82) is 0 Å². The fraction of sp³-hybridized carbons (Fsp3) is 0.0870. The number of aromatic nitrogens is 2. The third-order valence-electron chi connectivity index (χ3n) is 4.86. The Morgan fingerprint density at radius 3 is 2.61 bits per heavy atom. The van der Waals surface area contributed by atoms with Crippen LogP contribution in [0.5, 0.6) is 5.75 Å². The van der Waals surface area contributed by atoms with Crippen molar-refractivity contribution < 1.29 is 9.66 Å². The molecule has 0 unspecified atom stereocenters. The molecule has 4 aromatic rings. The first kappa shape index (κ1) is 22.2. The average Bonchev–Trinajstić information content (AvgIpc) is 2.79. The van der Waals surface area contributed by atoms with E-state index in [1.807, 2.05) is 31.2 Å². The highest BCUT2D eigenvalue weighted by atomic mass is 79.9. The lowest BCUT2D eigenvalue weighted by Crippen LogP contribution is -2.32. The van der Waals surface area contributed by atoms with E-state index in [-0.39, 0.29) is 29.0 Å². The van der Waals surface area contributed by atoms with Gasteiger partial charge in [0.2, 0.25) is 5.75 Å². The minimum atomic E-state index is -0.735. The number of nitrogens with one attached hydrogen (secondary N) is 1. The van der Waals surface area contributed by atoms with Gasteiger partial charge in [-0.1, -0.05) is 57.9 Å². The van der Waals surface area contributed by atoms with Crippen LogP contribution in [0.15, 0.2) is 79.8 Å². The van der Waals surface area contributed by atoms with Gasteiger partial charge in [0, 0.05) is 16.1 Å². The van der Waals surface area contributed by atoms with Crippen LogP contribution in [0.1, 0.15) is 16.7 Å². The Hall–Kier alpha value is -4.05. The molecule has 1 heterocycles. The summed E-state index contributed by atoms with van der Waals surface area (Å²) in [6.45, 7) is 2.04. The summed E-state index contributed by atoms with van der Waals surface area (Å²) in [6.07, 6.45) is 1.19. The predicted molar refractivity (Wildman–Crippen MR) is 128 cm³/mol. The van der Waals surface area contributed by atoms with Crippen LogP contribution in [0, 0.1) is 17.0 Å². The second-order valence-corrected chi connectivity index (χ2v) is 8.13. The van der Waals surface area contributed by atoms with Crippen LogP contribution in [0.2, 0.25) is 0 Å². The van der Waals surface area contributed by atoms with Crippen molar-refractivity contribution in [3.05, 3.63) is 113 Å². The van der Waals surface area contributed by atoms with Gasteiger partial charge in [0.1, 0.15) is 6.61 Å². The van der Waals surface area contributed by atoms with Gasteiger partial charge >= 0.3 is 11.4 Å². The summed E-state index contributed by atoms with van der Waals surface area (Å²) in [6, 6.07) is 17.0. The first-order valence-electron chi connectivity index (χ1n) is 9.78. The van der Waals surface area contributed by atoms with Crippen LogP contribution in [0.3, 0.4) is 0 Å². The third-order valence-corrected chi connectivity index (χ3v) is 5.32. The number of hydrogen-bond acceptors (Lipinski definition) is 6. The fourth-order valence-corrected chi connectivity index (χ4v) is 3.67. The highest BCUT2D eigenvalue weighted by Crippen LogP contribution is 2.34. The van der Waals surface area contributed by atoms with Crippen molar-refractivity contribution in [2.45, 2.75) is 13.5 Å². The number of fused-ring (bicyclic) bond motifs is 1. The van der Waals surface area contributed by atoms with E-state index < -0.39 is 16.2 Å². The lowest BCUT2D eigenvalue weighted by molar-refractivity contribution is -0.386. The molecule has 0 aliphatic carbocycles. The maximum atomic E-state index is 12.7. The van der Waals surface area contributed by atoms with Gasteiger partial charge in [-0.25, -0.2) is 4.79 Å². The first-order chi connectivity index (χ1) is 15.8. The molecule has 0 atom stereocenters. The lowest BCUT2D eigenvalue weighted by atomic mass is 10.1. The second-order valence-electron chi connectivity index (χ2n) is 7.21. The molecule has 0 radical (unpaired) electrons. The average molecular weight is 509 g/mol. The zero-order valence-electron chi connectivity index (χ0n) is 17.3. The van der Waals surface area contributed by atoms with Gasteiger partial charge in [0.25, 0.3) is 5.56 Å². The largest absolute Gasteiger partial charge is 0.481 e.